The van der Waals surface area contributed by atoms with E-state index in [1.54, 1.807) is 6.08 Å². The van der Waals surface area contributed by atoms with Gasteiger partial charge in [-0.25, -0.2) is 0 Å². The number of benzene rings is 1. The molecule has 0 aliphatic heterocycles. The zero-order valence-corrected chi connectivity index (χ0v) is 17.8. The highest BCUT2D eigenvalue weighted by molar-refractivity contribution is 7.85. The van der Waals surface area contributed by atoms with Crippen LogP contribution < -0.4 is 0 Å². The van der Waals surface area contributed by atoms with Crippen molar-refractivity contribution in [1.82, 2.24) is 0 Å². The van der Waals surface area contributed by atoms with Crippen LogP contribution in [0, 0.1) is 22.7 Å². The van der Waals surface area contributed by atoms with Gasteiger partial charge < -0.3 is 0 Å². The quantitative estimate of drug-likeness (QED) is 0.722. The molecule has 5 rings (SSSR count). The molecule has 2 unspecified atom stereocenters. The third-order valence-electron chi connectivity index (χ3n) is 8.31. The largest absolute Gasteiger partial charge is 0.300 e. The van der Waals surface area contributed by atoms with Crippen molar-refractivity contribution in [2.75, 3.05) is 5.75 Å². The van der Waals surface area contributed by atoms with Gasteiger partial charge in [-0.3, -0.25) is 13.8 Å². The number of hydrogen-bond donors (Lipinski definition) is 0. The molecule has 0 heterocycles. The molecular formula is C25H28O3S. The van der Waals surface area contributed by atoms with Crippen LogP contribution in [0.1, 0.15) is 51.9 Å². The molecule has 29 heavy (non-hydrogen) atoms. The lowest BCUT2D eigenvalue weighted by Crippen LogP contribution is -2.48. The third-order valence-corrected chi connectivity index (χ3v) is 9.86. The number of rotatable bonds is 3. The molecule has 0 aromatic heterocycles. The Bertz CT molecular complexity index is 960. The van der Waals surface area contributed by atoms with E-state index in [0.717, 1.165) is 43.4 Å². The van der Waals surface area contributed by atoms with Crippen LogP contribution in [0.2, 0.25) is 0 Å². The number of ketones is 2. The summed E-state index contributed by atoms with van der Waals surface area (Å²) in [7, 11) is -1.20. The molecule has 0 spiro atoms. The Morgan fingerprint density at radius 2 is 1.83 bits per heavy atom. The number of allylic oxidation sites excluding steroid dienone is 4. The van der Waals surface area contributed by atoms with Crippen LogP contribution >= 0.6 is 0 Å². The van der Waals surface area contributed by atoms with Gasteiger partial charge in [0.05, 0.1) is 16.2 Å². The molecule has 5 atom stereocenters. The molecule has 3 nitrogen and oxygen atoms in total. The van der Waals surface area contributed by atoms with Crippen molar-refractivity contribution in [1.29, 1.82) is 0 Å². The van der Waals surface area contributed by atoms with E-state index >= 15 is 0 Å². The van der Waals surface area contributed by atoms with E-state index in [-0.39, 0.29) is 11.2 Å². The Morgan fingerprint density at radius 1 is 1.03 bits per heavy atom. The molecular weight excluding hydrogens is 380 g/mol. The summed E-state index contributed by atoms with van der Waals surface area (Å²) in [5.41, 5.74) is 2.15. The number of carbonyl (C=O) groups is 2. The Morgan fingerprint density at radius 3 is 2.62 bits per heavy atom. The molecule has 1 aromatic carbocycles. The van der Waals surface area contributed by atoms with Crippen LogP contribution in [0.5, 0.6) is 0 Å². The van der Waals surface area contributed by atoms with E-state index in [4.69, 9.17) is 0 Å². The average Bonchev–Trinajstić information content (AvgIpc) is 3.05. The van der Waals surface area contributed by atoms with Crippen LogP contribution in [-0.4, -0.2) is 21.5 Å². The Balaban J connectivity index is 1.52. The normalized spacial score (nSPS) is 37.1. The van der Waals surface area contributed by atoms with Crippen molar-refractivity contribution in [3.63, 3.8) is 0 Å². The lowest BCUT2D eigenvalue weighted by Gasteiger charge is -2.55. The summed E-state index contributed by atoms with van der Waals surface area (Å²) in [4.78, 5) is 25.9. The van der Waals surface area contributed by atoms with Gasteiger partial charge in [0.25, 0.3) is 0 Å². The van der Waals surface area contributed by atoms with Crippen LogP contribution in [0.15, 0.2) is 58.5 Å². The maximum atomic E-state index is 13.2. The average molecular weight is 409 g/mol. The summed E-state index contributed by atoms with van der Waals surface area (Å²) in [5.74, 6) is 1.87. The zero-order chi connectivity index (χ0) is 20.2. The monoisotopic (exact) mass is 408 g/mol. The Kier molecular flexibility index (Phi) is 4.54. The molecule has 4 heteroatoms. The van der Waals surface area contributed by atoms with Crippen molar-refractivity contribution in [3.05, 3.63) is 53.6 Å². The molecule has 1 aromatic rings. The maximum Gasteiger partial charge on any atom is 0.167 e. The molecule has 2 fully saturated rings. The molecule has 4 aliphatic carbocycles. The van der Waals surface area contributed by atoms with Gasteiger partial charge in [0.1, 0.15) is 5.78 Å². The zero-order valence-electron chi connectivity index (χ0n) is 17.0. The lowest BCUT2D eigenvalue weighted by atomic mass is 9.49. The highest BCUT2D eigenvalue weighted by Crippen LogP contribution is 2.61. The van der Waals surface area contributed by atoms with Gasteiger partial charge in [0.2, 0.25) is 0 Å². The summed E-state index contributed by atoms with van der Waals surface area (Å²) < 4.78 is 13.2. The summed E-state index contributed by atoms with van der Waals surface area (Å²) in [6.45, 7) is 2.38. The van der Waals surface area contributed by atoms with Crippen molar-refractivity contribution < 1.29 is 13.8 Å². The molecule has 152 valence electrons. The van der Waals surface area contributed by atoms with Crippen molar-refractivity contribution in [3.8, 4) is 0 Å². The van der Waals surface area contributed by atoms with Crippen LogP contribution in [0.25, 0.3) is 0 Å². The molecule has 4 aliphatic rings. The van der Waals surface area contributed by atoms with E-state index in [2.05, 4.69) is 6.92 Å². The number of hydrogen-bond acceptors (Lipinski definition) is 3. The molecule has 0 bridgehead atoms. The minimum atomic E-state index is -1.20. The second-order valence-corrected chi connectivity index (χ2v) is 11.0. The second kappa shape index (κ2) is 6.87. The van der Waals surface area contributed by atoms with Gasteiger partial charge in [-0.05, 0) is 73.1 Å². The summed E-state index contributed by atoms with van der Waals surface area (Å²) in [6, 6.07) is 9.52. The van der Waals surface area contributed by atoms with Crippen molar-refractivity contribution >= 4 is 22.4 Å². The first-order valence-corrected chi connectivity index (χ1v) is 12.2. The van der Waals surface area contributed by atoms with Crippen molar-refractivity contribution in [2.45, 2.75) is 56.8 Å². The third kappa shape index (κ3) is 2.86. The molecule has 2 saturated carbocycles. The lowest BCUT2D eigenvalue weighted by molar-refractivity contribution is -0.127. The van der Waals surface area contributed by atoms with Crippen LogP contribution in [0.4, 0.5) is 0 Å². The predicted molar refractivity (Wildman–Crippen MR) is 114 cm³/mol. The van der Waals surface area contributed by atoms with Crippen molar-refractivity contribution in [2.24, 2.45) is 22.7 Å². The van der Waals surface area contributed by atoms with E-state index in [1.165, 1.54) is 11.1 Å². The van der Waals surface area contributed by atoms with Gasteiger partial charge in [0, 0.05) is 23.5 Å². The molecule has 0 amide bonds. The van der Waals surface area contributed by atoms with Gasteiger partial charge in [-0.1, -0.05) is 36.8 Å². The maximum absolute atomic E-state index is 13.2. The first kappa shape index (κ1) is 19.2. The fourth-order valence-corrected chi connectivity index (χ4v) is 8.13. The standard InChI is InChI=1S/C25H28O3S/c1-24-13-11-18(26)15-17(24)7-8-20-21(24)12-14-25(22(20)9-10-23(25)27)16-29(28)19-5-3-2-4-6-19/h2-6,9-10,17,21H,7-8,11-16H2,1H3/t17?,21-,24-,25+,29?/m0/s1. The Labute approximate surface area is 175 Å². The first-order chi connectivity index (χ1) is 13.9. The predicted octanol–water partition coefficient (Wildman–Crippen LogP) is 4.80. The first-order valence-electron chi connectivity index (χ1n) is 10.9. The fourth-order valence-electron chi connectivity index (χ4n) is 6.62. The van der Waals surface area contributed by atoms with Crippen LogP contribution in [0.3, 0.4) is 0 Å². The summed E-state index contributed by atoms with van der Waals surface area (Å²) in [5, 5.41) is 0. The molecule has 0 N–H and O–H groups in total. The van der Waals surface area contributed by atoms with E-state index in [1.807, 2.05) is 36.4 Å². The molecule has 0 radical (unpaired) electrons. The van der Waals surface area contributed by atoms with Gasteiger partial charge in [0.15, 0.2) is 5.78 Å². The number of Topliss-reactive ketones (excluding diaryl/α,β-unsaturated/α-hetero) is 1. The smallest absolute Gasteiger partial charge is 0.167 e. The van der Waals surface area contributed by atoms with E-state index in [9.17, 15) is 13.8 Å². The summed E-state index contributed by atoms with van der Waals surface area (Å²) >= 11 is 0. The van der Waals surface area contributed by atoms with E-state index < -0.39 is 16.2 Å². The highest BCUT2D eigenvalue weighted by Gasteiger charge is 2.56. The van der Waals surface area contributed by atoms with Gasteiger partial charge >= 0.3 is 0 Å². The van der Waals surface area contributed by atoms with E-state index in [0.29, 0.717) is 29.8 Å². The van der Waals surface area contributed by atoms with Gasteiger partial charge in [-0.15, -0.1) is 0 Å². The molecule has 0 saturated heterocycles. The summed E-state index contributed by atoms with van der Waals surface area (Å²) in [6.07, 6.45) is 9.92. The second-order valence-electron chi connectivity index (χ2n) is 9.60. The SMILES string of the molecule is C[C@]12CCC(=O)CC1CCC1=C3C=CC(=O)[C@@]3(CS(=O)c3ccccc3)CC[C@@H]12. The van der Waals surface area contributed by atoms with Crippen LogP contribution in [-0.2, 0) is 20.4 Å². The fraction of sp³-hybridized carbons (Fsp3) is 0.520. The topological polar surface area (TPSA) is 51.2 Å². The Hall–Kier alpha value is -1.81. The highest BCUT2D eigenvalue weighted by atomic mass is 32.2. The minimum Gasteiger partial charge on any atom is -0.300 e. The number of carbonyl (C=O) groups excluding carboxylic acids is 2. The van der Waals surface area contributed by atoms with Gasteiger partial charge in [-0.2, -0.15) is 0 Å². The minimum absolute atomic E-state index is 0.133. The number of fused-ring (bicyclic) bond motifs is 4.